The van der Waals surface area contributed by atoms with E-state index in [4.69, 9.17) is 9.97 Å². The van der Waals surface area contributed by atoms with Gasteiger partial charge in [0, 0.05) is 49.3 Å². The van der Waals surface area contributed by atoms with Crippen molar-refractivity contribution < 1.29 is 0 Å². The van der Waals surface area contributed by atoms with Crippen LogP contribution in [0.25, 0.3) is 11.5 Å². The van der Waals surface area contributed by atoms with Crippen molar-refractivity contribution in [3.63, 3.8) is 0 Å². The third-order valence-corrected chi connectivity index (χ3v) is 5.89. The van der Waals surface area contributed by atoms with Gasteiger partial charge in [-0.1, -0.05) is 24.3 Å². The lowest BCUT2D eigenvalue weighted by atomic mass is 10.1. The number of para-hydroxylation sites is 1. The Kier molecular flexibility index (Phi) is 4.23. The van der Waals surface area contributed by atoms with E-state index in [9.17, 15) is 0 Å². The van der Waals surface area contributed by atoms with E-state index in [1.54, 1.807) is 0 Å². The Balaban J connectivity index is 1.63. The fourth-order valence-corrected chi connectivity index (χ4v) is 4.49. The van der Waals surface area contributed by atoms with E-state index in [0.717, 1.165) is 49.7 Å². The third kappa shape index (κ3) is 2.91. The Morgan fingerprint density at radius 3 is 2.71 bits per heavy atom. The molecule has 2 aromatic heterocycles. The lowest BCUT2D eigenvalue weighted by Crippen LogP contribution is -2.39. The van der Waals surface area contributed by atoms with Gasteiger partial charge in [-0.15, -0.1) is 0 Å². The van der Waals surface area contributed by atoms with Crippen LogP contribution < -0.4 is 9.80 Å². The van der Waals surface area contributed by atoms with Gasteiger partial charge < -0.3 is 9.80 Å². The lowest BCUT2D eigenvalue weighted by molar-refractivity contribution is 0.633. The minimum absolute atomic E-state index is 0.355. The monoisotopic (exact) mass is 371 g/mol. The Labute approximate surface area is 166 Å². The van der Waals surface area contributed by atoms with Crippen molar-refractivity contribution in [1.82, 2.24) is 15.0 Å². The highest BCUT2D eigenvalue weighted by Crippen LogP contribution is 2.35. The number of pyridine rings is 1. The van der Waals surface area contributed by atoms with Gasteiger partial charge in [0.25, 0.3) is 0 Å². The van der Waals surface area contributed by atoms with Crippen LogP contribution in [0.1, 0.15) is 30.2 Å². The molecule has 5 nitrogen and oxygen atoms in total. The van der Waals surface area contributed by atoms with E-state index >= 15 is 0 Å². The van der Waals surface area contributed by atoms with Crippen molar-refractivity contribution >= 4 is 11.5 Å². The Bertz CT molecular complexity index is 1000. The Morgan fingerprint density at radius 1 is 1.00 bits per heavy atom. The first-order valence-electron chi connectivity index (χ1n) is 10.1. The molecule has 0 spiro atoms. The second-order valence-electron chi connectivity index (χ2n) is 7.85. The molecule has 0 fully saturated rings. The summed E-state index contributed by atoms with van der Waals surface area (Å²) < 4.78 is 0. The lowest BCUT2D eigenvalue weighted by Gasteiger charge is -2.31. The minimum atomic E-state index is 0.355. The summed E-state index contributed by atoms with van der Waals surface area (Å²) in [6.45, 7) is 4.13. The van der Waals surface area contributed by atoms with Crippen LogP contribution in [0.3, 0.4) is 0 Å². The number of benzene rings is 1. The van der Waals surface area contributed by atoms with E-state index < -0.39 is 0 Å². The molecule has 1 aliphatic heterocycles. The van der Waals surface area contributed by atoms with E-state index in [1.165, 1.54) is 22.5 Å². The number of nitrogens with zero attached hydrogens (tertiary/aromatic N) is 5. The minimum Gasteiger partial charge on any atom is -0.372 e. The summed E-state index contributed by atoms with van der Waals surface area (Å²) in [5.41, 5.74) is 6.03. The fourth-order valence-electron chi connectivity index (χ4n) is 4.49. The van der Waals surface area contributed by atoms with Crippen LogP contribution in [-0.4, -0.2) is 34.6 Å². The topological polar surface area (TPSA) is 45.2 Å². The van der Waals surface area contributed by atoms with E-state index in [0.29, 0.717) is 6.04 Å². The third-order valence-electron chi connectivity index (χ3n) is 5.89. The number of anilines is 2. The first-order chi connectivity index (χ1) is 13.7. The summed E-state index contributed by atoms with van der Waals surface area (Å²) in [6, 6.07) is 15.0. The smallest absolute Gasteiger partial charge is 0.180 e. The molecule has 1 atom stereocenters. The molecule has 1 unspecified atom stereocenters. The van der Waals surface area contributed by atoms with Crippen LogP contribution >= 0.6 is 0 Å². The molecule has 0 saturated carbocycles. The molecule has 28 heavy (non-hydrogen) atoms. The van der Waals surface area contributed by atoms with Gasteiger partial charge in [0.1, 0.15) is 11.5 Å². The van der Waals surface area contributed by atoms with Gasteiger partial charge in [0.2, 0.25) is 0 Å². The highest BCUT2D eigenvalue weighted by atomic mass is 15.3. The first kappa shape index (κ1) is 17.2. The average Bonchev–Trinajstić information content (AvgIpc) is 3.16. The molecule has 5 heteroatoms. The Hall–Kier alpha value is -2.95. The zero-order valence-electron chi connectivity index (χ0n) is 16.5. The van der Waals surface area contributed by atoms with Gasteiger partial charge in [-0.2, -0.15) is 0 Å². The van der Waals surface area contributed by atoms with Gasteiger partial charge >= 0.3 is 0 Å². The maximum Gasteiger partial charge on any atom is 0.180 e. The van der Waals surface area contributed by atoms with Gasteiger partial charge in [0.15, 0.2) is 5.82 Å². The molecule has 2 aliphatic rings. The normalized spacial score (nSPS) is 18.6. The molecule has 3 aromatic rings. The molecule has 142 valence electrons. The fraction of sp³-hybridized carbons (Fsp3) is 0.348. The second-order valence-corrected chi connectivity index (χ2v) is 7.85. The summed E-state index contributed by atoms with van der Waals surface area (Å²) in [4.78, 5) is 19.3. The summed E-state index contributed by atoms with van der Waals surface area (Å²) in [6.07, 6.45) is 5.06. The maximum atomic E-state index is 5.06. The average molecular weight is 371 g/mol. The number of aryl methyl sites for hydroxylation is 1. The second kappa shape index (κ2) is 6.89. The molecule has 1 aromatic carbocycles. The van der Waals surface area contributed by atoms with Crippen molar-refractivity contribution in [2.75, 3.05) is 23.4 Å². The van der Waals surface area contributed by atoms with E-state index in [-0.39, 0.29) is 0 Å². The van der Waals surface area contributed by atoms with Crippen molar-refractivity contribution in [3.05, 3.63) is 65.5 Å². The summed E-state index contributed by atoms with van der Waals surface area (Å²) >= 11 is 0. The molecule has 0 radical (unpaired) electrons. The summed E-state index contributed by atoms with van der Waals surface area (Å²) in [7, 11) is 2.18. The molecule has 5 rings (SSSR count). The quantitative estimate of drug-likeness (QED) is 0.684. The number of likely N-dealkylation sites (N-methyl/N-ethyl adjacent to an activating group) is 1. The summed E-state index contributed by atoms with van der Waals surface area (Å²) in [5.74, 6) is 1.84. The molecule has 1 aliphatic carbocycles. The first-order valence-corrected chi connectivity index (χ1v) is 10.1. The number of aromatic nitrogens is 3. The van der Waals surface area contributed by atoms with Gasteiger partial charge in [-0.3, -0.25) is 4.98 Å². The molecular weight excluding hydrogens is 346 g/mol. The largest absolute Gasteiger partial charge is 0.372 e. The zero-order chi connectivity index (χ0) is 19.1. The van der Waals surface area contributed by atoms with Crippen molar-refractivity contribution in [3.8, 4) is 11.5 Å². The van der Waals surface area contributed by atoms with Gasteiger partial charge in [-0.05, 0) is 49.9 Å². The van der Waals surface area contributed by atoms with Crippen molar-refractivity contribution in [2.24, 2.45) is 0 Å². The molecular formula is C23H25N5. The number of rotatable bonds is 2. The zero-order valence-corrected chi connectivity index (χ0v) is 16.5. The van der Waals surface area contributed by atoms with Crippen molar-refractivity contribution in [1.29, 1.82) is 0 Å². The van der Waals surface area contributed by atoms with E-state index in [2.05, 4.69) is 53.0 Å². The standard InChI is InChI=1S/C23H25N5/c1-16-14-27(2)21-12-4-3-8-17(21)15-28(16)23-18-9-7-11-19(18)25-22(26-23)20-10-5-6-13-24-20/h3-6,8,10,12-13,16H,7,9,11,14-15H2,1-2H3. The van der Waals surface area contributed by atoms with Crippen LogP contribution in [0.5, 0.6) is 0 Å². The predicted octanol–water partition coefficient (Wildman–Crippen LogP) is 3.87. The van der Waals surface area contributed by atoms with Crippen LogP contribution in [0.15, 0.2) is 48.7 Å². The van der Waals surface area contributed by atoms with Gasteiger partial charge in [0.05, 0.1) is 0 Å². The maximum absolute atomic E-state index is 5.06. The van der Waals surface area contributed by atoms with Crippen LogP contribution in [0.4, 0.5) is 11.5 Å². The van der Waals surface area contributed by atoms with Crippen molar-refractivity contribution in [2.45, 2.75) is 38.8 Å². The van der Waals surface area contributed by atoms with Crippen LogP contribution in [-0.2, 0) is 19.4 Å². The van der Waals surface area contributed by atoms with Crippen LogP contribution in [0, 0.1) is 0 Å². The number of hydrogen-bond donors (Lipinski definition) is 0. The van der Waals surface area contributed by atoms with Crippen LogP contribution in [0.2, 0.25) is 0 Å². The predicted molar refractivity (Wildman–Crippen MR) is 113 cm³/mol. The number of hydrogen-bond acceptors (Lipinski definition) is 5. The molecule has 0 amide bonds. The molecule has 0 N–H and O–H groups in total. The highest BCUT2D eigenvalue weighted by Gasteiger charge is 2.29. The highest BCUT2D eigenvalue weighted by molar-refractivity contribution is 5.62. The SMILES string of the molecule is CC1CN(C)c2ccccc2CN1c1nc(-c2ccccn2)nc2c1CCC2. The molecule has 0 saturated heterocycles. The van der Waals surface area contributed by atoms with Gasteiger partial charge in [-0.25, -0.2) is 9.97 Å². The Morgan fingerprint density at radius 2 is 1.86 bits per heavy atom. The molecule has 0 bridgehead atoms. The number of fused-ring (bicyclic) bond motifs is 2. The summed E-state index contributed by atoms with van der Waals surface area (Å²) in [5, 5.41) is 0. The molecule has 3 heterocycles. The van der Waals surface area contributed by atoms with E-state index in [1.807, 2.05) is 24.4 Å².